The quantitative estimate of drug-likeness (QED) is 0.00969. The number of pyridine rings is 2. The molecule has 1 unspecified atom stereocenters. The van der Waals surface area contributed by atoms with Gasteiger partial charge in [-0.05, 0) is 93.2 Å². The van der Waals surface area contributed by atoms with E-state index >= 15 is 4.39 Å². The lowest BCUT2D eigenvalue weighted by Crippen LogP contribution is -2.60. The van der Waals surface area contributed by atoms with Crippen LogP contribution >= 0.6 is 0 Å². The van der Waals surface area contributed by atoms with Crippen LogP contribution in [0.25, 0.3) is 22.3 Å². The normalized spacial score (nSPS) is 21.3. The van der Waals surface area contributed by atoms with Gasteiger partial charge < -0.3 is 86.4 Å². The molecule has 30 heteroatoms. The van der Waals surface area contributed by atoms with Gasteiger partial charge in [-0.2, -0.15) is 0 Å². The van der Waals surface area contributed by atoms with E-state index < -0.39 is 127 Å². The SMILES string of the molecule is C=C(NCC(=O)NCOCCN(C)CC1CCc2c(C)c(F)cc3nc4c(c1c23)Cn1c-4cc2c(c1=O)COC(=O)[C@]2(O)CC)[C@H](Cc1ccccc1)NC(=O)CNC(=O)CNC(=O)[C@H](CCC(=O)NC[C@@H]1O[C@H](CO)[C@@H](O)[C@H](O)[C@H]1O)NC(=O)CCCCCN1C(=O)C=CC1=O. The number of unbranched alkanes of at least 4 members (excludes halogenated alkanes) is 2. The summed E-state index contributed by atoms with van der Waals surface area (Å²) >= 11 is 0. The van der Waals surface area contributed by atoms with E-state index in [9.17, 15) is 73.5 Å². The maximum absolute atomic E-state index is 15.5. The number of aliphatic hydroxyl groups is 5. The average Bonchev–Trinajstić information content (AvgIpc) is 1.61. The Bertz CT molecular complexity index is 3750. The second kappa shape index (κ2) is 32.4. The molecule has 8 amide bonds. The van der Waals surface area contributed by atoms with E-state index in [0.717, 1.165) is 32.5 Å². The molecule has 1 fully saturated rings. The molecule has 9 rings (SSSR count). The third kappa shape index (κ3) is 17.1. The molecule has 1 aliphatic carbocycles. The molecule has 0 saturated carbocycles. The Balaban J connectivity index is 0.727. The number of nitrogens with zero attached hydrogens (tertiary/aromatic N) is 4. The fourth-order valence-electron chi connectivity index (χ4n) is 12.8. The Hall–Kier alpha value is -8.88. The molecule has 1 saturated heterocycles. The summed E-state index contributed by atoms with van der Waals surface area (Å²) in [6.07, 6.45) is -3.04. The number of esters is 1. The molecule has 0 bridgehead atoms. The number of hydrogen-bond acceptors (Lipinski definition) is 21. The van der Waals surface area contributed by atoms with Crippen molar-refractivity contribution in [2.75, 3.05) is 72.8 Å². The first-order valence-corrected chi connectivity index (χ1v) is 32.5. The lowest BCUT2D eigenvalue weighted by molar-refractivity contribution is -0.227. The van der Waals surface area contributed by atoms with Crippen molar-refractivity contribution in [1.29, 1.82) is 0 Å². The number of rotatable bonds is 33. The molecule has 0 spiro atoms. The summed E-state index contributed by atoms with van der Waals surface area (Å²) in [5, 5.41) is 70.9. The fourth-order valence-corrected chi connectivity index (χ4v) is 12.8. The van der Waals surface area contributed by atoms with Gasteiger partial charge in [-0.1, -0.05) is 50.3 Å². The van der Waals surface area contributed by atoms with E-state index in [-0.39, 0.29) is 107 Å². The van der Waals surface area contributed by atoms with Crippen molar-refractivity contribution in [3.63, 3.8) is 0 Å². The van der Waals surface area contributed by atoms with Crippen LogP contribution in [-0.2, 0) is 89.0 Å². The number of likely N-dealkylation sites (N-methyl/N-ethyl adjacent to an activating group) is 1. The number of aromatic nitrogens is 2. The van der Waals surface area contributed by atoms with Crippen molar-refractivity contribution < 1.29 is 87.3 Å². The Labute approximate surface area is 557 Å². The average molecular weight is 1350 g/mol. The van der Waals surface area contributed by atoms with Crippen LogP contribution < -0.4 is 42.8 Å². The monoisotopic (exact) mass is 1350 g/mol. The number of ether oxygens (including phenoxy) is 3. The van der Waals surface area contributed by atoms with Crippen molar-refractivity contribution in [2.45, 2.75) is 145 Å². The first-order chi connectivity index (χ1) is 46.4. The lowest BCUT2D eigenvalue weighted by atomic mass is 9.78. The fraction of sp³-hybridized carbons (Fsp3) is 0.507. The zero-order chi connectivity index (χ0) is 69.8. The number of carbonyl (C=O) groups excluding carboxylic acids is 9. The van der Waals surface area contributed by atoms with Crippen molar-refractivity contribution in [3.8, 4) is 11.4 Å². The maximum atomic E-state index is 15.5. The van der Waals surface area contributed by atoms with E-state index in [1.165, 1.54) is 18.2 Å². The summed E-state index contributed by atoms with van der Waals surface area (Å²) < 4.78 is 33.6. The third-order valence-electron chi connectivity index (χ3n) is 18.4. The standard InChI is InChI=1S/C67H84FN11O18/c1-5-67(94)43-25-48-60-41(32-79(48)65(92)42(43)34-96-66(67)93)58-39(15-16-40-36(2)44(68)26-47(76-60)59(40)58)31-77(4)22-23-95-35-73-54(84)28-69-37(3)46(24-38-12-8-6-9-13-38)75-55(85)30-71-53(83)29-72-64(91)45(74-52(82)14-10-7-11-21-78-56(86)19-20-57(78)87)17-18-51(81)70-27-49-61(88)63(90)62(89)50(33-80)97-49/h6,8-9,12-13,19-20,25-26,39,45-46,49-50,61-63,69,80,88-90,94H,3,5,7,10-11,14-18,21-24,27-35H2,1-2,4H3,(H,70,81)(H,71,83)(H,72,91)(H,73,84)(H,74,82)(H,75,85)/t39?,45-,46-,49-,50+,61-,62+,63+,67-/m0/s1. The molecule has 29 nitrogen and oxygen atoms in total. The molecule has 2 aromatic carbocycles. The molecule has 6 heterocycles. The van der Waals surface area contributed by atoms with Crippen molar-refractivity contribution in [2.24, 2.45) is 0 Å². The van der Waals surface area contributed by atoms with Gasteiger partial charge in [-0.15, -0.1) is 0 Å². The summed E-state index contributed by atoms with van der Waals surface area (Å²) in [5.74, 6) is -6.14. The molecule has 9 atom stereocenters. The number of amides is 8. The summed E-state index contributed by atoms with van der Waals surface area (Å²) in [7, 11) is 1.94. The number of fused-ring (bicyclic) bond motifs is 5. The summed E-state index contributed by atoms with van der Waals surface area (Å²) in [6.45, 7) is 6.17. The molecular weight excluding hydrogens is 1270 g/mol. The topological polar surface area (TPSA) is 408 Å². The zero-order valence-corrected chi connectivity index (χ0v) is 54.3. The van der Waals surface area contributed by atoms with Crippen LogP contribution in [0.3, 0.4) is 0 Å². The molecule has 4 aliphatic heterocycles. The van der Waals surface area contributed by atoms with Crippen LogP contribution in [0.4, 0.5) is 4.39 Å². The summed E-state index contributed by atoms with van der Waals surface area (Å²) in [6, 6.07) is 10.0. The molecule has 5 aliphatic rings. The molecule has 0 radical (unpaired) electrons. The lowest BCUT2D eigenvalue weighted by Gasteiger charge is -2.40. The minimum atomic E-state index is -2.01. The predicted molar refractivity (Wildman–Crippen MR) is 344 cm³/mol. The Morgan fingerprint density at radius 3 is 2.26 bits per heavy atom. The van der Waals surface area contributed by atoms with E-state index in [2.05, 4.69) is 48.7 Å². The first kappa shape index (κ1) is 72.4. The van der Waals surface area contributed by atoms with Gasteiger partial charge in [-0.25, -0.2) is 14.2 Å². The third-order valence-corrected chi connectivity index (χ3v) is 18.4. The highest BCUT2D eigenvalue weighted by molar-refractivity contribution is 6.12. The van der Waals surface area contributed by atoms with Gasteiger partial charge >= 0.3 is 5.97 Å². The number of hydrogen-bond donors (Lipinski definition) is 12. The van der Waals surface area contributed by atoms with Crippen molar-refractivity contribution >= 4 is 64.1 Å². The Morgan fingerprint density at radius 1 is 0.825 bits per heavy atom. The van der Waals surface area contributed by atoms with Gasteiger partial charge in [0.25, 0.3) is 17.4 Å². The van der Waals surface area contributed by atoms with Gasteiger partial charge in [0.2, 0.25) is 35.4 Å². The summed E-state index contributed by atoms with van der Waals surface area (Å²) in [4.78, 5) is 138. The van der Waals surface area contributed by atoms with Gasteiger partial charge in [0.15, 0.2) is 5.60 Å². The van der Waals surface area contributed by atoms with E-state index in [1.54, 1.807) is 24.5 Å². The zero-order valence-electron chi connectivity index (χ0n) is 54.3. The molecule has 97 heavy (non-hydrogen) atoms. The first-order valence-electron chi connectivity index (χ1n) is 32.5. The van der Waals surface area contributed by atoms with E-state index in [4.69, 9.17) is 19.2 Å². The number of nitrogens with one attached hydrogen (secondary N) is 7. The molecule has 2 aromatic heterocycles. The van der Waals surface area contributed by atoms with Crippen LogP contribution in [0.1, 0.15) is 103 Å². The van der Waals surface area contributed by atoms with Crippen LogP contribution in [0, 0.1) is 12.7 Å². The highest BCUT2D eigenvalue weighted by atomic mass is 19.1. The smallest absolute Gasteiger partial charge is 0.343 e. The number of carbonyl (C=O) groups is 9. The number of benzene rings is 2. The van der Waals surface area contributed by atoms with Crippen molar-refractivity contribution in [3.05, 3.63) is 122 Å². The minimum absolute atomic E-state index is 0.0131. The largest absolute Gasteiger partial charge is 0.458 e. The molecule has 12 N–H and O–H groups in total. The predicted octanol–water partition coefficient (Wildman–Crippen LogP) is -1.65. The molecule has 522 valence electrons. The van der Waals surface area contributed by atoms with Crippen LogP contribution in [0.2, 0.25) is 0 Å². The summed E-state index contributed by atoms with van der Waals surface area (Å²) in [5.41, 5.74) is 3.64. The van der Waals surface area contributed by atoms with Gasteiger partial charge in [0, 0.05) is 79.4 Å². The number of aryl methyl sites for hydroxylation is 1. The van der Waals surface area contributed by atoms with Gasteiger partial charge in [0.1, 0.15) is 55.7 Å². The molecular formula is C67H84FN11O18. The number of halogens is 1. The van der Waals surface area contributed by atoms with Crippen LogP contribution in [0.5, 0.6) is 0 Å². The van der Waals surface area contributed by atoms with Crippen LogP contribution in [-0.4, -0.2) is 214 Å². The highest BCUT2D eigenvalue weighted by Crippen LogP contribution is 2.47. The van der Waals surface area contributed by atoms with E-state index in [0.29, 0.717) is 67.7 Å². The van der Waals surface area contributed by atoms with Crippen LogP contribution in [0.15, 0.2) is 71.7 Å². The van der Waals surface area contributed by atoms with Crippen molar-refractivity contribution in [1.82, 2.24) is 56.6 Å². The highest BCUT2D eigenvalue weighted by Gasteiger charge is 2.47. The Morgan fingerprint density at radius 2 is 1.53 bits per heavy atom. The molecule has 4 aromatic rings. The number of aliphatic hydroxyl groups excluding tert-OH is 4. The van der Waals surface area contributed by atoms with Gasteiger partial charge in [0.05, 0.1) is 67.9 Å². The number of cyclic esters (lactones) is 1. The van der Waals surface area contributed by atoms with E-state index in [1.807, 2.05) is 37.4 Å². The number of imide groups is 1. The maximum Gasteiger partial charge on any atom is 0.343 e. The minimum Gasteiger partial charge on any atom is -0.458 e. The second-order valence-electron chi connectivity index (χ2n) is 24.9. The Kier molecular flexibility index (Phi) is 24.2. The van der Waals surface area contributed by atoms with Gasteiger partial charge in [-0.3, -0.25) is 48.1 Å². The second-order valence-corrected chi connectivity index (χ2v) is 24.9.